The quantitative estimate of drug-likeness (QED) is 0.334. The van der Waals surface area contributed by atoms with Crippen molar-refractivity contribution in [2.24, 2.45) is 0 Å². The average molecular weight is 415 g/mol. The van der Waals surface area contributed by atoms with Crippen LogP contribution in [0.3, 0.4) is 0 Å². The van der Waals surface area contributed by atoms with Crippen LogP contribution < -0.4 is 4.18 Å². The molecule has 0 spiro atoms. The van der Waals surface area contributed by atoms with Crippen LogP contribution >= 0.6 is 24.1 Å². The predicted molar refractivity (Wildman–Crippen MR) is 102 cm³/mol. The van der Waals surface area contributed by atoms with Gasteiger partial charge in [-0.15, -0.1) is 0 Å². The zero-order chi connectivity index (χ0) is 20.2. The van der Waals surface area contributed by atoms with Gasteiger partial charge >= 0.3 is 5.92 Å². The Bertz CT molecular complexity index is 566. The molecule has 2 unspecified atom stereocenters. The summed E-state index contributed by atoms with van der Waals surface area (Å²) in [5.74, 6) is -3.71. The Morgan fingerprint density at radius 1 is 0.885 bits per heavy atom. The fraction of sp³-hybridized carbons (Fsp3) is 0.667. The third kappa shape index (κ3) is 5.45. The highest BCUT2D eigenvalue weighted by Crippen LogP contribution is 2.43. The number of hydrogen-bond acceptors (Lipinski definition) is 4. The van der Waals surface area contributed by atoms with Gasteiger partial charge in [-0.2, -0.15) is 8.78 Å². The number of hydrogen-bond donors (Lipinski definition) is 1. The van der Waals surface area contributed by atoms with Crippen molar-refractivity contribution in [3.8, 4) is 5.75 Å². The maximum Gasteiger partial charge on any atom is 0.333 e. The van der Waals surface area contributed by atoms with Crippen molar-refractivity contribution in [1.82, 2.24) is 0 Å². The van der Waals surface area contributed by atoms with E-state index in [0.717, 1.165) is 16.7 Å². The molecule has 1 N–H and O–H groups in total. The molecule has 1 aromatic rings. The maximum atomic E-state index is 13.9. The van der Waals surface area contributed by atoms with Crippen LogP contribution in [0.1, 0.15) is 76.0 Å². The van der Waals surface area contributed by atoms with Crippen molar-refractivity contribution in [2.75, 3.05) is 0 Å². The minimum absolute atomic E-state index is 0.0299. The highest BCUT2D eigenvalue weighted by Gasteiger charge is 2.51. The SMILES string of the molecule is CC(C)c1cc(C(C)C)c(OSC(F)C(F)(F)C(F)SO)c(C(C)C)c1. The van der Waals surface area contributed by atoms with Gasteiger partial charge in [-0.3, -0.25) is 0 Å². The van der Waals surface area contributed by atoms with Crippen LogP contribution in [-0.4, -0.2) is 21.5 Å². The Hall–Kier alpha value is -0.600. The van der Waals surface area contributed by atoms with E-state index in [1.54, 1.807) is 0 Å². The van der Waals surface area contributed by atoms with E-state index in [9.17, 15) is 17.6 Å². The monoisotopic (exact) mass is 414 g/mol. The molecule has 26 heavy (non-hydrogen) atoms. The summed E-state index contributed by atoms with van der Waals surface area (Å²) in [5, 5.41) is 0. The first-order valence-corrected chi connectivity index (χ1v) is 10.0. The summed E-state index contributed by atoms with van der Waals surface area (Å²) in [6.45, 7) is 11.8. The molecular weight excluding hydrogens is 388 g/mol. The van der Waals surface area contributed by atoms with Crippen LogP contribution in [0.2, 0.25) is 0 Å². The van der Waals surface area contributed by atoms with Gasteiger partial charge in [-0.25, -0.2) is 8.78 Å². The van der Waals surface area contributed by atoms with Gasteiger partial charge in [0.15, 0.2) is 0 Å². The predicted octanol–water partition coefficient (Wildman–Crippen LogP) is 7.52. The molecule has 0 aliphatic rings. The molecule has 150 valence electrons. The lowest BCUT2D eigenvalue weighted by Crippen LogP contribution is -2.36. The standard InChI is InChI=1S/C18H26F4O2S2/c1-9(2)12-7-13(10(3)4)15(14(8-12)11(5)6)24-26-17(20)18(21,22)16(19)25-23/h7-11,16-17,23H,1-6H3. The summed E-state index contributed by atoms with van der Waals surface area (Å²) in [6.07, 6.45) is 0. The van der Waals surface area contributed by atoms with Gasteiger partial charge in [0.1, 0.15) is 5.75 Å². The zero-order valence-corrected chi connectivity index (χ0v) is 17.4. The van der Waals surface area contributed by atoms with Gasteiger partial charge < -0.3 is 8.74 Å². The smallest absolute Gasteiger partial charge is 0.333 e. The van der Waals surface area contributed by atoms with E-state index in [-0.39, 0.29) is 29.8 Å². The van der Waals surface area contributed by atoms with Crippen molar-refractivity contribution in [3.63, 3.8) is 0 Å². The first-order valence-electron chi connectivity index (χ1n) is 8.40. The molecule has 1 aromatic carbocycles. The second-order valence-corrected chi connectivity index (χ2v) is 8.48. The average Bonchev–Trinajstić information content (AvgIpc) is 2.57. The Morgan fingerprint density at radius 2 is 1.35 bits per heavy atom. The fourth-order valence-corrected chi connectivity index (χ4v) is 3.28. The molecule has 0 saturated carbocycles. The van der Waals surface area contributed by atoms with E-state index in [1.165, 1.54) is 0 Å². The largest absolute Gasteiger partial charge is 0.422 e. The molecule has 2 atom stereocenters. The van der Waals surface area contributed by atoms with Crippen LogP contribution in [0.4, 0.5) is 17.6 Å². The van der Waals surface area contributed by atoms with Gasteiger partial charge in [-0.05, 0) is 34.4 Å². The Kier molecular flexibility index (Phi) is 8.61. The lowest BCUT2D eigenvalue weighted by Gasteiger charge is -2.24. The van der Waals surface area contributed by atoms with Crippen molar-refractivity contribution in [2.45, 2.75) is 76.2 Å². The maximum absolute atomic E-state index is 13.9. The molecule has 2 nitrogen and oxygen atoms in total. The van der Waals surface area contributed by atoms with Gasteiger partial charge in [0.2, 0.25) is 11.0 Å². The first-order chi connectivity index (χ1) is 11.9. The van der Waals surface area contributed by atoms with Crippen LogP contribution in [0.5, 0.6) is 5.75 Å². The summed E-state index contributed by atoms with van der Waals surface area (Å²) in [7, 11) is 0. The minimum atomic E-state index is -4.38. The normalized spacial score (nSPS) is 15.0. The van der Waals surface area contributed by atoms with Crippen LogP contribution in [0, 0.1) is 0 Å². The molecule has 0 bridgehead atoms. The molecule has 0 aliphatic heterocycles. The highest BCUT2D eigenvalue weighted by molar-refractivity contribution is 7.96. The number of benzene rings is 1. The van der Waals surface area contributed by atoms with Crippen LogP contribution in [0.15, 0.2) is 12.1 Å². The summed E-state index contributed by atoms with van der Waals surface area (Å²) in [6, 6.07) is 3.87. The Labute approximate surface area is 161 Å². The number of halogens is 4. The van der Waals surface area contributed by atoms with Gasteiger partial charge in [0.05, 0.1) is 12.0 Å². The molecule has 1 rings (SSSR count). The van der Waals surface area contributed by atoms with E-state index in [4.69, 9.17) is 8.74 Å². The Morgan fingerprint density at radius 3 is 1.69 bits per heavy atom. The fourth-order valence-electron chi connectivity index (χ4n) is 2.31. The van der Waals surface area contributed by atoms with E-state index in [0.29, 0.717) is 5.75 Å². The third-order valence-electron chi connectivity index (χ3n) is 3.99. The summed E-state index contributed by atoms with van der Waals surface area (Å²) in [4.78, 5) is 0. The Balaban J connectivity index is 3.22. The lowest BCUT2D eigenvalue weighted by atomic mass is 9.88. The molecule has 0 radical (unpaired) electrons. The van der Waals surface area contributed by atoms with Crippen LogP contribution in [-0.2, 0) is 0 Å². The second-order valence-electron chi connectivity index (χ2n) is 7.08. The van der Waals surface area contributed by atoms with Gasteiger partial charge in [0.25, 0.3) is 0 Å². The topological polar surface area (TPSA) is 29.5 Å². The molecule has 0 aromatic heterocycles. The van der Waals surface area contributed by atoms with E-state index in [2.05, 4.69) is 0 Å². The molecule has 8 heteroatoms. The van der Waals surface area contributed by atoms with Gasteiger partial charge in [-0.1, -0.05) is 53.7 Å². The second kappa shape index (κ2) is 9.55. The highest BCUT2D eigenvalue weighted by atomic mass is 32.2. The van der Waals surface area contributed by atoms with E-state index < -0.39 is 29.0 Å². The van der Waals surface area contributed by atoms with Crippen LogP contribution in [0.25, 0.3) is 0 Å². The summed E-state index contributed by atoms with van der Waals surface area (Å²) in [5.41, 5.74) is -3.36. The number of alkyl halides is 4. The van der Waals surface area contributed by atoms with Crippen molar-refractivity contribution in [3.05, 3.63) is 28.8 Å². The minimum Gasteiger partial charge on any atom is -0.422 e. The molecular formula is C18H26F4O2S2. The molecule has 0 amide bonds. The third-order valence-corrected chi connectivity index (χ3v) is 5.24. The van der Waals surface area contributed by atoms with Crippen molar-refractivity contribution in [1.29, 1.82) is 0 Å². The van der Waals surface area contributed by atoms with Gasteiger partial charge in [0, 0.05) is 12.0 Å². The van der Waals surface area contributed by atoms with Crippen molar-refractivity contribution < 1.29 is 26.3 Å². The molecule has 0 fully saturated rings. The molecule has 0 saturated heterocycles. The van der Waals surface area contributed by atoms with Crippen molar-refractivity contribution >= 4 is 24.1 Å². The van der Waals surface area contributed by atoms with E-state index >= 15 is 0 Å². The summed E-state index contributed by atoms with van der Waals surface area (Å²) >= 11 is -0.846. The number of rotatable bonds is 9. The summed E-state index contributed by atoms with van der Waals surface area (Å²) < 4.78 is 68.0. The molecule has 0 aliphatic carbocycles. The molecule has 0 heterocycles. The van der Waals surface area contributed by atoms with E-state index in [1.807, 2.05) is 53.7 Å². The first kappa shape index (κ1) is 23.4. The zero-order valence-electron chi connectivity index (χ0n) is 15.7. The lowest BCUT2D eigenvalue weighted by molar-refractivity contribution is -0.0711.